The standard InChI is InChI=1S/C14H18O5/c1-3-4-7-18-14(16)10-19-13-6-5-12(17-2)8-11(13)9-15/h5-6,8-9H,3-4,7,10H2,1-2H3. The first-order valence-corrected chi connectivity index (χ1v) is 6.13. The Morgan fingerprint density at radius 1 is 1.37 bits per heavy atom. The van der Waals surface area contributed by atoms with Crippen LogP contribution in [0, 0.1) is 0 Å². The molecule has 0 aliphatic carbocycles. The maximum absolute atomic E-state index is 11.4. The van der Waals surface area contributed by atoms with E-state index < -0.39 is 5.97 Å². The third-order valence-corrected chi connectivity index (χ3v) is 2.45. The molecule has 0 saturated heterocycles. The molecule has 0 aromatic heterocycles. The van der Waals surface area contributed by atoms with E-state index in [4.69, 9.17) is 14.2 Å². The van der Waals surface area contributed by atoms with Gasteiger partial charge in [-0.25, -0.2) is 4.79 Å². The Kier molecular flexibility index (Phi) is 6.43. The average molecular weight is 266 g/mol. The summed E-state index contributed by atoms with van der Waals surface area (Å²) in [5.74, 6) is 0.448. The summed E-state index contributed by atoms with van der Waals surface area (Å²) in [6.07, 6.45) is 2.44. The summed E-state index contributed by atoms with van der Waals surface area (Å²) in [5, 5.41) is 0. The fraction of sp³-hybridized carbons (Fsp3) is 0.429. The normalized spacial score (nSPS) is 9.79. The molecular weight excluding hydrogens is 248 g/mol. The summed E-state index contributed by atoms with van der Waals surface area (Å²) in [6, 6.07) is 4.79. The van der Waals surface area contributed by atoms with Crippen LogP contribution < -0.4 is 9.47 Å². The van der Waals surface area contributed by atoms with E-state index in [2.05, 4.69) is 0 Å². The molecule has 0 aliphatic rings. The highest BCUT2D eigenvalue weighted by Crippen LogP contribution is 2.22. The first-order valence-electron chi connectivity index (χ1n) is 6.13. The molecule has 1 aromatic rings. The van der Waals surface area contributed by atoms with Crippen molar-refractivity contribution < 1.29 is 23.8 Å². The smallest absolute Gasteiger partial charge is 0.344 e. The maximum Gasteiger partial charge on any atom is 0.344 e. The molecular formula is C14H18O5. The first-order chi connectivity index (χ1) is 9.21. The molecule has 5 heteroatoms. The Labute approximate surface area is 112 Å². The second-order valence-corrected chi connectivity index (χ2v) is 3.88. The van der Waals surface area contributed by atoms with E-state index in [1.165, 1.54) is 7.11 Å². The molecule has 19 heavy (non-hydrogen) atoms. The molecule has 0 heterocycles. The SMILES string of the molecule is CCCCOC(=O)COc1ccc(OC)cc1C=O. The Morgan fingerprint density at radius 2 is 2.16 bits per heavy atom. The molecule has 0 N–H and O–H groups in total. The van der Waals surface area contributed by atoms with Gasteiger partial charge in [-0.1, -0.05) is 13.3 Å². The predicted molar refractivity (Wildman–Crippen MR) is 69.7 cm³/mol. The van der Waals surface area contributed by atoms with Gasteiger partial charge in [-0.15, -0.1) is 0 Å². The molecule has 0 saturated carbocycles. The largest absolute Gasteiger partial charge is 0.497 e. The quantitative estimate of drug-likeness (QED) is 0.410. The summed E-state index contributed by atoms with van der Waals surface area (Å²) in [7, 11) is 1.51. The van der Waals surface area contributed by atoms with Crippen molar-refractivity contribution >= 4 is 12.3 Å². The van der Waals surface area contributed by atoms with Crippen LogP contribution >= 0.6 is 0 Å². The number of hydrogen-bond acceptors (Lipinski definition) is 5. The zero-order valence-corrected chi connectivity index (χ0v) is 11.2. The maximum atomic E-state index is 11.4. The van der Waals surface area contributed by atoms with Crippen LogP contribution in [0.1, 0.15) is 30.1 Å². The predicted octanol–water partition coefficient (Wildman–Crippen LogP) is 2.23. The van der Waals surface area contributed by atoms with E-state index in [-0.39, 0.29) is 6.61 Å². The number of methoxy groups -OCH3 is 1. The van der Waals surface area contributed by atoms with Gasteiger partial charge in [-0.2, -0.15) is 0 Å². The average Bonchev–Trinajstić information content (AvgIpc) is 2.45. The van der Waals surface area contributed by atoms with Crippen molar-refractivity contribution in [2.45, 2.75) is 19.8 Å². The van der Waals surface area contributed by atoms with Crippen LogP contribution in [0.15, 0.2) is 18.2 Å². The number of carbonyl (C=O) groups excluding carboxylic acids is 2. The van der Waals surface area contributed by atoms with Crippen molar-refractivity contribution in [1.29, 1.82) is 0 Å². The van der Waals surface area contributed by atoms with Gasteiger partial charge in [-0.3, -0.25) is 4.79 Å². The van der Waals surface area contributed by atoms with Gasteiger partial charge in [0.2, 0.25) is 0 Å². The van der Waals surface area contributed by atoms with Gasteiger partial charge in [0, 0.05) is 0 Å². The zero-order chi connectivity index (χ0) is 14.1. The number of rotatable bonds is 8. The van der Waals surface area contributed by atoms with E-state index >= 15 is 0 Å². The molecule has 0 amide bonds. The van der Waals surface area contributed by atoms with E-state index in [9.17, 15) is 9.59 Å². The van der Waals surface area contributed by atoms with Crippen LogP contribution in [-0.2, 0) is 9.53 Å². The molecule has 1 rings (SSSR count). The summed E-state index contributed by atoms with van der Waals surface area (Å²) in [6.45, 7) is 2.19. The third-order valence-electron chi connectivity index (χ3n) is 2.45. The number of carbonyl (C=O) groups is 2. The highest BCUT2D eigenvalue weighted by Gasteiger charge is 2.08. The second kappa shape index (κ2) is 8.13. The highest BCUT2D eigenvalue weighted by molar-refractivity contribution is 5.80. The van der Waals surface area contributed by atoms with Crippen LogP contribution in [0.2, 0.25) is 0 Å². The fourth-order valence-corrected chi connectivity index (χ4v) is 1.39. The molecule has 0 unspecified atom stereocenters. The first kappa shape index (κ1) is 15.0. The van der Waals surface area contributed by atoms with Gasteiger partial charge < -0.3 is 14.2 Å². The lowest BCUT2D eigenvalue weighted by Crippen LogP contribution is -2.16. The minimum absolute atomic E-state index is 0.211. The number of benzene rings is 1. The Balaban J connectivity index is 2.52. The Bertz CT molecular complexity index is 428. The van der Waals surface area contributed by atoms with Gasteiger partial charge in [0.1, 0.15) is 11.5 Å². The van der Waals surface area contributed by atoms with E-state index in [1.807, 2.05) is 6.92 Å². The summed E-state index contributed by atoms with van der Waals surface area (Å²) in [5.41, 5.74) is 0.334. The van der Waals surface area contributed by atoms with Gasteiger partial charge in [0.25, 0.3) is 0 Å². The van der Waals surface area contributed by atoms with Gasteiger partial charge in [0.05, 0.1) is 19.3 Å². The topological polar surface area (TPSA) is 61.8 Å². The molecule has 0 radical (unpaired) electrons. The molecule has 5 nitrogen and oxygen atoms in total. The number of aldehydes is 1. The molecule has 104 valence electrons. The zero-order valence-electron chi connectivity index (χ0n) is 11.2. The fourth-order valence-electron chi connectivity index (χ4n) is 1.39. The monoisotopic (exact) mass is 266 g/mol. The second-order valence-electron chi connectivity index (χ2n) is 3.88. The lowest BCUT2D eigenvalue weighted by atomic mass is 10.2. The van der Waals surface area contributed by atoms with Crippen LogP contribution in [0.25, 0.3) is 0 Å². The summed E-state index contributed by atoms with van der Waals surface area (Å²) in [4.78, 5) is 22.3. The van der Waals surface area contributed by atoms with E-state index in [0.717, 1.165) is 12.8 Å². The van der Waals surface area contributed by atoms with Crippen molar-refractivity contribution in [3.63, 3.8) is 0 Å². The van der Waals surface area contributed by atoms with Crippen molar-refractivity contribution in [3.05, 3.63) is 23.8 Å². The van der Waals surface area contributed by atoms with Crippen LogP contribution in [0.5, 0.6) is 11.5 Å². The van der Waals surface area contributed by atoms with Crippen molar-refractivity contribution in [2.75, 3.05) is 20.3 Å². The third kappa shape index (κ3) is 4.99. The van der Waals surface area contributed by atoms with E-state index in [0.29, 0.717) is 30.0 Å². The van der Waals surface area contributed by atoms with Gasteiger partial charge in [-0.05, 0) is 24.6 Å². The number of esters is 1. The van der Waals surface area contributed by atoms with Gasteiger partial charge in [0.15, 0.2) is 12.9 Å². The number of unbranched alkanes of at least 4 members (excludes halogenated alkanes) is 1. The Morgan fingerprint density at radius 3 is 2.79 bits per heavy atom. The molecule has 1 aromatic carbocycles. The molecule has 0 fully saturated rings. The van der Waals surface area contributed by atoms with Gasteiger partial charge >= 0.3 is 5.97 Å². The molecule has 0 atom stereocenters. The van der Waals surface area contributed by atoms with Crippen LogP contribution in [-0.4, -0.2) is 32.6 Å². The lowest BCUT2D eigenvalue weighted by Gasteiger charge is -2.09. The van der Waals surface area contributed by atoms with Crippen molar-refractivity contribution in [2.24, 2.45) is 0 Å². The summed E-state index contributed by atoms with van der Waals surface area (Å²) >= 11 is 0. The minimum atomic E-state index is -0.443. The lowest BCUT2D eigenvalue weighted by molar-refractivity contribution is -0.146. The van der Waals surface area contributed by atoms with Crippen molar-refractivity contribution in [1.82, 2.24) is 0 Å². The van der Waals surface area contributed by atoms with E-state index in [1.54, 1.807) is 18.2 Å². The Hall–Kier alpha value is -2.04. The molecule has 0 aliphatic heterocycles. The minimum Gasteiger partial charge on any atom is -0.497 e. The van der Waals surface area contributed by atoms with Crippen molar-refractivity contribution in [3.8, 4) is 11.5 Å². The molecule has 0 spiro atoms. The number of ether oxygens (including phenoxy) is 3. The number of hydrogen-bond donors (Lipinski definition) is 0. The summed E-state index contributed by atoms with van der Waals surface area (Å²) < 4.78 is 15.2. The highest BCUT2D eigenvalue weighted by atomic mass is 16.6. The van der Waals surface area contributed by atoms with Crippen LogP contribution in [0.3, 0.4) is 0 Å². The van der Waals surface area contributed by atoms with Crippen LogP contribution in [0.4, 0.5) is 0 Å². The molecule has 0 bridgehead atoms.